The van der Waals surface area contributed by atoms with Crippen molar-refractivity contribution in [3.8, 4) is 0 Å². The van der Waals surface area contributed by atoms with Crippen molar-refractivity contribution in [1.29, 1.82) is 0 Å². The average Bonchev–Trinajstić information content (AvgIpc) is 2.81. The fourth-order valence-corrected chi connectivity index (χ4v) is 1.63. The molecule has 2 aromatic heterocycles. The molecule has 2 heterocycles. The number of nitrogens with zero attached hydrogens (tertiary/aromatic N) is 2. The van der Waals surface area contributed by atoms with Gasteiger partial charge in [0.05, 0.1) is 18.2 Å². The van der Waals surface area contributed by atoms with Gasteiger partial charge in [0.15, 0.2) is 0 Å². The Hall–Kier alpha value is -2.30. The highest BCUT2D eigenvalue weighted by Gasteiger charge is 2.13. The minimum atomic E-state index is -0.979. The lowest BCUT2D eigenvalue weighted by molar-refractivity contribution is 0.0697. The zero-order chi connectivity index (χ0) is 12.3. The molecule has 1 N–H and O–H groups in total. The largest absolute Gasteiger partial charge is 0.478 e. The molecule has 88 valence electrons. The topological polar surface area (TPSA) is 66.6 Å². The molecule has 0 aliphatic rings. The van der Waals surface area contributed by atoms with Crippen LogP contribution < -0.4 is 4.90 Å². The Bertz CT molecular complexity index is 508. The first-order chi connectivity index (χ1) is 8.18. The number of anilines is 1. The molecule has 17 heavy (non-hydrogen) atoms. The molecule has 5 heteroatoms. The Balaban J connectivity index is 2.24. The Morgan fingerprint density at radius 3 is 3.00 bits per heavy atom. The Labute approximate surface area is 98.3 Å². The van der Waals surface area contributed by atoms with Crippen LogP contribution in [0.2, 0.25) is 0 Å². The first-order valence-corrected chi connectivity index (χ1v) is 5.08. The third kappa shape index (κ3) is 2.44. The van der Waals surface area contributed by atoms with Gasteiger partial charge in [0.1, 0.15) is 5.56 Å². The SMILES string of the molecule is CN(Cc1ccoc1)c1ccncc1C(=O)O. The minimum Gasteiger partial charge on any atom is -0.478 e. The van der Waals surface area contributed by atoms with Crippen LogP contribution in [0.25, 0.3) is 0 Å². The van der Waals surface area contributed by atoms with Crippen molar-refractivity contribution < 1.29 is 14.3 Å². The maximum Gasteiger partial charge on any atom is 0.339 e. The van der Waals surface area contributed by atoms with Crippen LogP contribution >= 0.6 is 0 Å². The number of furan rings is 1. The number of carboxylic acid groups (broad SMARTS) is 1. The van der Waals surface area contributed by atoms with E-state index in [4.69, 9.17) is 9.52 Å². The average molecular weight is 232 g/mol. The first kappa shape index (κ1) is 11.2. The maximum absolute atomic E-state index is 11.0. The van der Waals surface area contributed by atoms with E-state index in [9.17, 15) is 4.79 Å². The lowest BCUT2D eigenvalue weighted by atomic mass is 10.2. The second kappa shape index (κ2) is 4.69. The van der Waals surface area contributed by atoms with E-state index in [0.717, 1.165) is 5.56 Å². The second-order valence-electron chi connectivity index (χ2n) is 3.69. The van der Waals surface area contributed by atoms with Crippen LogP contribution in [0.1, 0.15) is 15.9 Å². The van der Waals surface area contributed by atoms with Gasteiger partial charge < -0.3 is 14.4 Å². The number of aromatic nitrogens is 1. The summed E-state index contributed by atoms with van der Waals surface area (Å²) >= 11 is 0. The van der Waals surface area contributed by atoms with E-state index in [0.29, 0.717) is 12.2 Å². The normalized spacial score (nSPS) is 10.2. The Morgan fingerprint density at radius 1 is 1.53 bits per heavy atom. The fraction of sp³-hybridized carbons (Fsp3) is 0.167. The predicted molar refractivity (Wildman–Crippen MR) is 62.0 cm³/mol. The minimum absolute atomic E-state index is 0.193. The molecule has 5 nitrogen and oxygen atoms in total. The van der Waals surface area contributed by atoms with E-state index in [2.05, 4.69) is 4.98 Å². The van der Waals surface area contributed by atoms with Crippen molar-refractivity contribution in [1.82, 2.24) is 4.98 Å². The molecule has 0 aromatic carbocycles. The van der Waals surface area contributed by atoms with E-state index < -0.39 is 5.97 Å². The predicted octanol–water partition coefficient (Wildman–Crippen LogP) is 2.01. The second-order valence-corrected chi connectivity index (χ2v) is 3.69. The van der Waals surface area contributed by atoms with Gasteiger partial charge in [-0.3, -0.25) is 4.98 Å². The smallest absolute Gasteiger partial charge is 0.339 e. The molecule has 0 aliphatic carbocycles. The Morgan fingerprint density at radius 2 is 2.35 bits per heavy atom. The summed E-state index contributed by atoms with van der Waals surface area (Å²) in [5, 5.41) is 9.06. The van der Waals surface area contributed by atoms with Crippen LogP contribution in [0.5, 0.6) is 0 Å². The molecule has 0 spiro atoms. The highest BCUT2D eigenvalue weighted by Crippen LogP contribution is 2.20. The van der Waals surface area contributed by atoms with Gasteiger partial charge in [-0.1, -0.05) is 0 Å². The number of carboxylic acids is 1. The van der Waals surface area contributed by atoms with Gasteiger partial charge in [-0.05, 0) is 12.1 Å². The third-order valence-electron chi connectivity index (χ3n) is 2.44. The molecule has 0 unspecified atom stereocenters. The van der Waals surface area contributed by atoms with E-state index in [1.807, 2.05) is 18.0 Å². The molecule has 0 radical (unpaired) electrons. The number of aromatic carboxylic acids is 1. The summed E-state index contributed by atoms with van der Waals surface area (Å²) in [6, 6.07) is 3.53. The molecule has 2 rings (SSSR count). The number of hydrogen-bond acceptors (Lipinski definition) is 4. The van der Waals surface area contributed by atoms with Crippen molar-refractivity contribution in [2.24, 2.45) is 0 Å². The van der Waals surface area contributed by atoms with Crippen LogP contribution in [-0.2, 0) is 6.54 Å². The zero-order valence-electron chi connectivity index (χ0n) is 9.33. The lowest BCUT2D eigenvalue weighted by Gasteiger charge is -2.19. The molecule has 0 saturated heterocycles. The summed E-state index contributed by atoms with van der Waals surface area (Å²) in [4.78, 5) is 16.7. The van der Waals surface area contributed by atoms with E-state index in [1.54, 1.807) is 24.8 Å². The van der Waals surface area contributed by atoms with E-state index >= 15 is 0 Å². The van der Waals surface area contributed by atoms with Crippen LogP contribution in [-0.4, -0.2) is 23.1 Å². The molecular weight excluding hydrogens is 220 g/mol. The molecular formula is C12H12N2O3. The van der Waals surface area contributed by atoms with Crippen molar-refractivity contribution in [2.75, 3.05) is 11.9 Å². The Kier molecular flexibility index (Phi) is 3.09. The van der Waals surface area contributed by atoms with E-state index in [-0.39, 0.29) is 5.56 Å². The molecule has 0 aliphatic heterocycles. The van der Waals surface area contributed by atoms with Gasteiger partial charge >= 0.3 is 5.97 Å². The molecule has 0 saturated carbocycles. The quantitative estimate of drug-likeness (QED) is 0.873. The van der Waals surface area contributed by atoms with Gasteiger partial charge in [-0.2, -0.15) is 0 Å². The molecule has 2 aromatic rings. The van der Waals surface area contributed by atoms with Crippen molar-refractivity contribution >= 4 is 11.7 Å². The molecule has 0 bridgehead atoms. The summed E-state index contributed by atoms with van der Waals surface area (Å²) in [5.41, 5.74) is 1.81. The van der Waals surface area contributed by atoms with Crippen molar-refractivity contribution in [3.63, 3.8) is 0 Å². The van der Waals surface area contributed by atoms with Crippen molar-refractivity contribution in [3.05, 3.63) is 48.2 Å². The summed E-state index contributed by atoms with van der Waals surface area (Å²) in [6.07, 6.45) is 6.16. The van der Waals surface area contributed by atoms with Crippen molar-refractivity contribution in [2.45, 2.75) is 6.54 Å². The summed E-state index contributed by atoms with van der Waals surface area (Å²) in [6.45, 7) is 0.584. The summed E-state index contributed by atoms with van der Waals surface area (Å²) in [7, 11) is 1.83. The number of hydrogen-bond donors (Lipinski definition) is 1. The van der Waals surface area contributed by atoms with Gasteiger partial charge in [-0.15, -0.1) is 0 Å². The number of pyridine rings is 1. The van der Waals surface area contributed by atoms with Crippen LogP contribution in [0.15, 0.2) is 41.5 Å². The first-order valence-electron chi connectivity index (χ1n) is 5.08. The number of rotatable bonds is 4. The molecule has 0 amide bonds. The van der Waals surface area contributed by atoms with Gasteiger partial charge in [0.2, 0.25) is 0 Å². The van der Waals surface area contributed by atoms with Crippen LogP contribution in [0.3, 0.4) is 0 Å². The standard InChI is InChI=1S/C12H12N2O3/c1-14(7-9-3-5-17-8-9)11-2-4-13-6-10(11)12(15)16/h2-6,8H,7H2,1H3,(H,15,16). The van der Waals surface area contributed by atoms with Crippen LogP contribution in [0.4, 0.5) is 5.69 Å². The number of carbonyl (C=O) groups is 1. The van der Waals surface area contributed by atoms with Gasteiger partial charge in [0.25, 0.3) is 0 Å². The third-order valence-corrected chi connectivity index (χ3v) is 2.44. The highest BCUT2D eigenvalue weighted by molar-refractivity contribution is 5.93. The maximum atomic E-state index is 11.0. The summed E-state index contributed by atoms with van der Waals surface area (Å²) < 4.78 is 4.97. The molecule has 0 atom stereocenters. The molecule has 0 fully saturated rings. The highest BCUT2D eigenvalue weighted by atomic mass is 16.4. The lowest BCUT2D eigenvalue weighted by Crippen LogP contribution is -2.19. The van der Waals surface area contributed by atoms with Crippen LogP contribution in [0, 0.1) is 0 Å². The van der Waals surface area contributed by atoms with E-state index in [1.165, 1.54) is 6.20 Å². The zero-order valence-corrected chi connectivity index (χ0v) is 9.33. The monoisotopic (exact) mass is 232 g/mol. The van der Waals surface area contributed by atoms with Gasteiger partial charge in [0, 0.05) is 31.5 Å². The summed E-state index contributed by atoms with van der Waals surface area (Å²) in [5.74, 6) is -0.979. The fourth-order valence-electron chi connectivity index (χ4n) is 1.63. The van der Waals surface area contributed by atoms with Gasteiger partial charge in [-0.25, -0.2) is 4.79 Å².